The molecule has 154 valence electrons. The largest absolute Gasteiger partial charge is 0.478 e. The molecule has 7 nitrogen and oxygen atoms in total. The van der Waals surface area contributed by atoms with E-state index in [0.717, 1.165) is 0 Å². The average molecular weight is 453 g/mol. The second-order valence-corrected chi connectivity index (χ2v) is 7.71. The highest BCUT2D eigenvalue weighted by Gasteiger charge is 2.44. The van der Waals surface area contributed by atoms with Crippen molar-refractivity contribution in [2.24, 2.45) is 5.73 Å². The van der Waals surface area contributed by atoms with Gasteiger partial charge in [-0.2, -0.15) is 5.26 Å². The first-order chi connectivity index (χ1) is 14.8. The zero-order valence-electron chi connectivity index (χ0n) is 15.7. The number of fused-ring (bicyclic) bond motifs is 1. The van der Waals surface area contributed by atoms with E-state index in [1.54, 1.807) is 30.3 Å². The summed E-state index contributed by atoms with van der Waals surface area (Å²) in [5.74, 6) is -1.75. The van der Waals surface area contributed by atoms with Crippen LogP contribution in [-0.4, -0.2) is 17.0 Å². The predicted molar refractivity (Wildman–Crippen MR) is 118 cm³/mol. The van der Waals surface area contributed by atoms with E-state index in [1.165, 1.54) is 24.3 Å². The van der Waals surface area contributed by atoms with Crippen molar-refractivity contribution in [2.45, 2.75) is 5.66 Å². The molecular weight excluding hydrogens is 439 g/mol. The number of amides is 1. The molecule has 1 amide bonds. The van der Waals surface area contributed by atoms with Gasteiger partial charge in [-0.1, -0.05) is 35.3 Å². The summed E-state index contributed by atoms with van der Waals surface area (Å²) in [6.45, 7) is 0. The summed E-state index contributed by atoms with van der Waals surface area (Å²) in [4.78, 5) is 23.1. The molecule has 1 unspecified atom stereocenters. The van der Waals surface area contributed by atoms with Crippen LogP contribution in [0, 0.1) is 11.3 Å². The number of hydrogen-bond donors (Lipinski definition) is 4. The summed E-state index contributed by atoms with van der Waals surface area (Å²) in [6.07, 6.45) is 0. The van der Waals surface area contributed by atoms with Gasteiger partial charge in [0.15, 0.2) is 5.66 Å². The molecule has 4 rings (SSSR count). The molecule has 0 saturated heterocycles. The molecule has 0 fully saturated rings. The van der Waals surface area contributed by atoms with E-state index in [2.05, 4.69) is 16.7 Å². The minimum absolute atomic E-state index is 0.0821. The van der Waals surface area contributed by atoms with Gasteiger partial charge in [-0.3, -0.25) is 4.79 Å². The molecule has 1 atom stereocenters. The summed E-state index contributed by atoms with van der Waals surface area (Å²) < 4.78 is 0. The molecule has 0 spiro atoms. The molecular formula is C22H14Cl2N4O3. The third-order valence-corrected chi connectivity index (χ3v) is 5.71. The number of primary amides is 1. The van der Waals surface area contributed by atoms with Crippen LogP contribution in [0.15, 0.2) is 54.6 Å². The first kappa shape index (κ1) is 20.5. The van der Waals surface area contributed by atoms with Gasteiger partial charge < -0.3 is 21.5 Å². The number of nitrogens with one attached hydrogen (secondary N) is 2. The van der Waals surface area contributed by atoms with E-state index in [0.29, 0.717) is 32.5 Å². The smallest absolute Gasteiger partial charge is 0.335 e. The maximum absolute atomic E-state index is 11.6. The van der Waals surface area contributed by atoms with Crippen molar-refractivity contribution in [3.8, 4) is 6.07 Å². The Morgan fingerprint density at radius 3 is 2.23 bits per heavy atom. The third-order valence-electron chi connectivity index (χ3n) is 5.08. The molecule has 1 heterocycles. The van der Waals surface area contributed by atoms with Gasteiger partial charge in [0.05, 0.1) is 28.6 Å². The maximum Gasteiger partial charge on any atom is 0.335 e. The number of carboxylic acid groups (broad SMARTS) is 1. The molecule has 0 radical (unpaired) electrons. The number of carbonyl (C=O) groups excluding carboxylic acids is 1. The number of hydrogen-bond acceptors (Lipinski definition) is 5. The number of carbonyl (C=O) groups is 2. The Balaban J connectivity index is 2.00. The molecule has 3 aromatic rings. The summed E-state index contributed by atoms with van der Waals surface area (Å²) in [5.41, 5.74) is 6.42. The summed E-state index contributed by atoms with van der Waals surface area (Å²) >= 11 is 13.1. The number of aromatic carboxylic acids is 1. The molecule has 3 aromatic carbocycles. The molecule has 0 aliphatic carbocycles. The Labute approximate surface area is 187 Å². The lowest BCUT2D eigenvalue weighted by Crippen LogP contribution is -2.41. The van der Waals surface area contributed by atoms with Gasteiger partial charge >= 0.3 is 5.97 Å². The summed E-state index contributed by atoms with van der Waals surface area (Å²) in [5, 5.41) is 26.4. The molecule has 9 heteroatoms. The van der Waals surface area contributed by atoms with Crippen molar-refractivity contribution in [3.05, 3.63) is 92.5 Å². The second kappa shape index (κ2) is 7.51. The quantitative estimate of drug-likeness (QED) is 0.464. The Morgan fingerprint density at radius 2 is 1.61 bits per heavy atom. The number of nitriles is 1. The van der Waals surface area contributed by atoms with Crippen molar-refractivity contribution < 1.29 is 14.7 Å². The van der Waals surface area contributed by atoms with Crippen molar-refractivity contribution in [1.29, 1.82) is 5.26 Å². The average Bonchev–Trinajstić information content (AvgIpc) is 3.12. The highest BCUT2D eigenvalue weighted by molar-refractivity contribution is 6.36. The Hall–Kier alpha value is -3.73. The van der Waals surface area contributed by atoms with Gasteiger partial charge in [0.1, 0.15) is 0 Å². The van der Waals surface area contributed by atoms with Crippen molar-refractivity contribution in [2.75, 3.05) is 10.6 Å². The van der Waals surface area contributed by atoms with Crippen LogP contribution in [-0.2, 0) is 5.66 Å². The lowest BCUT2D eigenvalue weighted by Gasteiger charge is -2.34. The summed E-state index contributed by atoms with van der Waals surface area (Å²) in [7, 11) is 0. The Morgan fingerprint density at radius 1 is 0.968 bits per heavy atom. The van der Waals surface area contributed by atoms with Gasteiger partial charge in [-0.05, 0) is 42.5 Å². The number of nitrogens with zero attached hydrogens (tertiary/aromatic N) is 1. The van der Waals surface area contributed by atoms with Crippen LogP contribution in [0.4, 0.5) is 11.4 Å². The van der Waals surface area contributed by atoms with E-state index in [9.17, 15) is 20.0 Å². The van der Waals surface area contributed by atoms with Crippen LogP contribution >= 0.6 is 23.2 Å². The SMILES string of the molecule is N#Cc1cc(C(N)=O)ccc1C1(c2c(Cl)cccc2Cl)Nc2ccc(C(=O)O)cc2N1. The zero-order chi connectivity index (χ0) is 22.3. The van der Waals surface area contributed by atoms with E-state index in [1.807, 2.05) is 0 Å². The number of nitrogens with two attached hydrogens (primary N) is 1. The van der Waals surface area contributed by atoms with Crippen molar-refractivity contribution in [1.82, 2.24) is 0 Å². The van der Waals surface area contributed by atoms with Gasteiger partial charge in [0.25, 0.3) is 0 Å². The fourth-order valence-corrected chi connectivity index (χ4v) is 4.37. The minimum atomic E-state index is -1.31. The topological polar surface area (TPSA) is 128 Å². The van der Waals surface area contributed by atoms with Crippen LogP contribution < -0.4 is 16.4 Å². The van der Waals surface area contributed by atoms with Gasteiger partial charge in [0.2, 0.25) is 5.91 Å². The Bertz CT molecular complexity index is 1280. The molecule has 1 aliphatic rings. The molecule has 0 aromatic heterocycles. The maximum atomic E-state index is 11.6. The predicted octanol–water partition coefficient (Wildman–Crippen LogP) is 4.40. The fraction of sp³-hybridized carbons (Fsp3) is 0.0455. The molecule has 5 N–H and O–H groups in total. The number of carboxylic acids is 1. The third kappa shape index (κ3) is 3.32. The summed E-state index contributed by atoms with van der Waals surface area (Å²) in [6, 6.07) is 16.1. The van der Waals surface area contributed by atoms with Gasteiger partial charge in [-0.25, -0.2) is 4.79 Å². The van der Waals surface area contributed by atoms with E-state index >= 15 is 0 Å². The van der Waals surface area contributed by atoms with E-state index in [4.69, 9.17) is 28.9 Å². The Kier molecular flexibility index (Phi) is 4.97. The number of rotatable bonds is 4. The lowest BCUT2D eigenvalue weighted by molar-refractivity contribution is 0.0696. The van der Waals surface area contributed by atoms with Crippen molar-refractivity contribution >= 4 is 46.5 Å². The standard InChI is InChI=1S/C22H14Cl2N4O3/c23-15-2-1-3-16(24)19(15)22(14-6-4-11(20(26)29)8-13(14)10-25)27-17-7-5-12(21(30)31)9-18(17)28-22/h1-9,27-28H,(H2,26,29)(H,30,31). The van der Waals surface area contributed by atoms with Gasteiger partial charge in [-0.15, -0.1) is 0 Å². The van der Waals surface area contributed by atoms with Gasteiger partial charge in [0, 0.05) is 26.7 Å². The van der Waals surface area contributed by atoms with Crippen LogP contribution in [0.5, 0.6) is 0 Å². The van der Waals surface area contributed by atoms with E-state index in [-0.39, 0.29) is 16.7 Å². The second-order valence-electron chi connectivity index (χ2n) is 6.90. The van der Waals surface area contributed by atoms with Crippen LogP contribution in [0.1, 0.15) is 37.4 Å². The monoisotopic (exact) mass is 452 g/mol. The number of benzene rings is 3. The van der Waals surface area contributed by atoms with Crippen LogP contribution in [0.25, 0.3) is 0 Å². The normalized spacial score (nSPS) is 16.5. The zero-order valence-corrected chi connectivity index (χ0v) is 17.3. The highest BCUT2D eigenvalue weighted by atomic mass is 35.5. The number of halogens is 2. The molecule has 31 heavy (non-hydrogen) atoms. The first-order valence-electron chi connectivity index (χ1n) is 8.99. The first-order valence-corrected chi connectivity index (χ1v) is 9.75. The number of anilines is 2. The van der Waals surface area contributed by atoms with Crippen molar-refractivity contribution in [3.63, 3.8) is 0 Å². The highest BCUT2D eigenvalue weighted by Crippen LogP contribution is 2.48. The van der Waals surface area contributed by atoms with Crippen LogP contribution in [0.3, 0.4) is 0 Å². The minimum Gasteiger partial charge on any atom is -0.478 e. The molecule has 1 aliphatic heterocycles. The fourth-order valence-electron chi connectivity index (χ4n) is 3.69. The van der Waals surface area contributed by atoms with Crippen LogP contribution in [0.2, 0.25) is 10.0 Å². The molecule has 0 bridgehead atoms. The molecule has 0 saturated carbocycles. The van der Waals surface area contributed by atoms with E-state index < -0.39 is 17.5 Å². The lowest BCUT2D eigenvalue weighted by atomic mass is 9.87.